The lowest BCUT2D eigenvalue weighted by atomic mass is 10.2. The van der Waals surface area contributed by atoms with Gasteiger partial charge in [-0.2, -0.15) is 0 Å². The second kappa shape index (κ2) is 8.93. The number of anilines is 1. The van der Waals surface area contributed by atoms with E-state index in [4.69, 9.17) is 4.74 Å². The van der Waals surface area contributed by atoms with Gasteiger partial charge in [0.05, 0.1) is 19.8 Å². The van der Waals surface area contributed by atoms with Crippen LogP contribution in [-0.2, 0) is 16.0 Å². The summed E-state index contributed by atoms with van der Waals surface area (Å²) in [6.07, 6.45) is 0.659. The molecule has 0 bridgehead atoms. The average Bonchev–Trinajstić information content (AvgIpc) is 3.19. The number of ether oxygens (including phenoxy) is 1. The van der Waals surface area contributed by atoms with Crippen LogP contribution in [0.2, 0.25) is 0 Å². The van der Waals surface area contributed by atoms with Gasteiger partial charge in [-0.3, -0.25) is 9.69 Å². The maximum absolute atomic E-state index is 13.0. The molecule has 0 radical (unpaired) electrons. The summed E-state index contributed by atoms with van der Waals surface area (Å²) in [5.41, 5.74) is 1.02. The first kappa shape index (κ1) is 19.2. The smallest absolute Gasteiger partial charge is 0.236 e. The van der Waals surface area contributed by atoms with Crippen molar-refractivity contribution in [3.05, 3.63) is 40.7 Å². The van der Waals surface area contributed by atoms with Gasteiger partial charge < -0.3 is 14.5 Å². The summed E-state index contributed by atoms with van der Waals surface area (Å²) in [6.45, 7) is 6.48. The lowest BCUT2D eigenvalue weighted by Crippen LogP contribution is -2.51. The predicted octanol–water partition coefficient (Wildman–Crippen LogP) is 1.25. The second-order valence-corrected chi connectivity index (χ2v) is 8.08. The molecule has 2 aromatic rings. The first-order valence-corrected chi connectivity index (χ1v) is 10.4. The molecular formula is C19H24FN5O2S. The Kier molecular flexibility index (Phi) is 6.13. The number of amides is 1. The number of benzene rings is 1. The third-order valence-electron chi connectivity index (χ3n) is 5.09. The van der Waals surface area contributed by atoms with Crippen LogP contribution in [0.5, 0.6) is 0 Å². The zero-order valence-corrected chi connectivity index (χ0v) is 16.5. The van der Waals surface area contributed by atoms with Crippen molar-refractivity contribution in [3.8, 4) is 0 Å². The number of hydrogen-bond donors (Lipinski definition) is 0. The molecule has 0 unspecified atom stereocenters. The van der Waals surface area contributed by atoms with E-state index in [-0.39, 0.29) is 11.7 Å². The molecule has 2 aliphatic rings. The summed E-state index contributed by atoms with van der Waals surface area (Å²) in [6, 6.07) is 6.49. The minimum absolute atomic E-state index is 0.189. The normalized spacial score (nSPS) is 18.5. The van der Waals surface area contributed by atoms with Crippen LogP contribution in [0, 0.1) is 5.82 Å². The van der Waals surface area contributed by atoms with Gasteiger partial charge >= 0.3 is 0 Å². The minimum Gasteiger partial charge on any atom is -0.378 e. The van der Waals surface area contributed by atoms with Crippen LogP contribution in [0.1, 0.15) is 10.6 Å². The molecule has 2 saturated heterocycles. The van der Waals surface area contributed by atoms with E-state index in [1.807, 2.05) is 4.90 Å². The van der Waals surface area contributed by atoms with Gasteiger partial charge in [-0.15, -0.1) is 10.2 Å². The van der Waals surface area contributed by atoms with E-state index in [9.17, 15) is 9.18 Å². The van der Waals surface area contributed by atoms with Gasteiger partial charge in [0.25, 0.3) is 0 Å². The monoisotopic (exact) mass is 405 g/mol. The van der Waals surface area contributed by atoms with Gasteiger partial charge in [0.15, 0.2) is 0 Å². The third-order valence-corrected chi connectivity index (χ3v) is 6.07. The molecule has 9 heteroatoms. The van der Waals surface area contributed by atoms with Crippen molar-refractivity contribution in [1.29, 1.82) is 0 Å². The van der Waals surface area contributed by atoms with Crippen LogP contribution in [0.4, 0.5) is 9.52 Å². The minimum atomic E-state index is -0.230. The van der Waals surface area contributed by atoms with Gasteiger partial charge in [-0.05, 0) is 17.7 Å². The predicted molar refractivity (Wildman–Crippen MR) is 105 cm³/mol. The summed E-state index contributed by atoms with van der Waals surface area (Å²) >= 11 is 1.58. The maximum atomic E-state index is 13.0. The van der Waals surface area contributed by atoms with Crippen molar-refractivity contribution >= 4 is 22.4 Å². The number of aromatic nitrogens is 2. The van der Waals surface area contributed by atoms with Gasteiger partial charge in [0.2, 0.25) is 11.0 Å². The quantitative estimate of drug-likeness (QED) is 0.746. The number of piperazine rings is 1. The molecule has 0 spiro atoms. The topological polar surface area (TPSA) is 61.8 Å². The molecule has 0 N–H and O–H groups in total. The molecule has 4 rings (SSSR count). The van der Waals surface area contributed by atoms with Crippen LogP contribution in [-0.4, -0.2) is 84.9 Å². The highest BCUT2D eigenvalue weighted by Gasteiger charge is 2.24. The van der Waals surface area contributed by atoms with E-state index in [1.54, 1.807) is 23.5 Å². The Morgan fingerprint density at radius 2 is 1.75 bits per heavy atom. The van der Waals surface area contributed by atoms with E-state index in [2.05, 4.69) is 20.0 Å². The molecule has 28 heavy (non-hydrogen) atoms. The number of rotatable bonds is 5. The number of carbonyl (C=O) groups excluding carboxylic acids is 1. The summed E-state index contributed by atoms with van der Waals surface area (Å²) < 4.78 is 18.3. The zero-order chi connectivity index (χ0) is 19.3. The number of hydrogen-bond acceptors (Lipinski definition) is 7. The van der Waals surface area contributed by atoms with Crippen molar-refractivity contribution in [3.63, 3.8) is 0 Å². The standard InChI is InChI=1S/C19H24FN5O2S/c20-16-3-1-15(2-4-16)13-17-21-22-19(28-17)25-7-5-23(6-8-25)14-18(26)24-9-11-27-12-10-24/h1-4H,5-14H2. The lowest BCUT2D eigenvalue weighted by Gasteiger charge is -2.35. The van der Waals surface area contributed by atoms with Crippen molar-refractivity contribution in [2.45, 2.75) is 6.42 Å². The fourth-order valence-corrected chi connectivity index (χ4v) is 4.35. The van der Waals surface area contributed by atoms with Gasteiger partial charge in [-0.25, -0.2) is 4.39 Å². The number of halogens is 1. The first-order chi connectivity index (χ1) is 13.7. The van der Waals surface area contributed by atoms with Gasteiger partial charge in [0, 0.05) is 45.7 Å². The Hall–Kier alpha value is -2.10. The van der Waals surface area contributed by atoms with Crippen molar-refractivity contribution in [2.75, 3.05) is 63.9 Å². The molecule has 150 valence electrons. The Balaban J connectivity index is 1.26. The summed E-state index contributed by atoms with van der Waals surface area (Å²) in [4.78, 5) is 18.7. The number of morpholine rings is 1. The Bertz CT molecular complexity index is 786. The molecule has 0 atom stereocenters. The molecule has 2 aliphatic heterocycles. The largest absolute Gasteiger partial charge is 0.378 e. The molecule has 1 amide bonds. The van der Waals surface area contributed by atoms with E-state index in [0.717, 1.165) is 41.9 Å². The molecule has 2 fully saturated rings. The van der Waals surface area contributed by atoms with E-state index >= 15 is 0 Å². The molecule has 3 heterocycles. The van der Waals surface area contributed by atoms with Crippen LogP contribution in [0.25, 0.3) is 0 Å². The van der Waals surface area contributed by atoms with Crippen LogP contribution < -0.4 is 4.90 Å². The van der Waals surface area contributed by atoms with Crippen LogP contribution >= 0.6 is 11.3 Å². The molecule has 1 aromatic heterocycles. The molecular weight excluding hydrogens is 381 g/mol. The summed E-state index contributed by atoms with van der Waals surface area (Å²) in [7, 11) is 0. The third kappa shape index (κ3) is 4.84. The van der Waals surface area contributed by atoms with Gasteiger partial charge in [0.1, 0.15) is 10.8 Å². The Morgan fingerprint density at radius 3 is 2.46 bits per heavy atom. The fraction of sp³-hybridized carbons (Fsp3) is 0.526. The lowest BCUT2D eigenvalue weighted by molar-refractivity contribution is -0.136. The van der Waals surface area contributed by atoms with Crippen molar-refractivity contribution in [1.82, 2.24) is 20.0 Å². The second-order valence-electron chi connectivity index (χ2n) is 7.04. The number of carbonyl (C=O) groups is 1. The van der Waals surface area contributed by atoms with E-state index in [0.29, 0.717) is 39.3 Å². The molecule has 7 nitrogen and oxygen atoms in total. The van der Waals surface area contributed by atoms with Gasteiger partial charge in [-0.1, -0.05) is 23.5 Å². The first-order valence-electron chi connectivity index (χ1n) is 9.57. The molecule has 1 aromatic carbocycles. The average molecular weight is 405 g/mol. The number of nitrogens with zero attached hydrogens (tertiary/aromatic N) is 5. The van der Waals surface area contributed by atoms with Crippen LogP contribution in [0.3, 0.4) is 0 Å². The van der Waals surface area contributed by atoms with Crippen molar-refractivity contribution in [2.24, 2.45) is 0 Å². The zero-order valence-electron chi connectivity index (χ0n) is 15.7. The molecule has 0 saturated carbocycles. The highest BCUT2D eigenvalue weighted by molar-refractivity contribution is 7.15. The highest BCUT2D eigenvalue weighted by Crippen LogP contribution is 2.23. The highest BCUT2D eigenvalue weighted by atomic mass is 32.1. The maximum Gasteiger partial charge on any atom is 0.236 e. The fourth-order valence-electron chi connectivity index (χ4n) is 3.42. The van der Waals surface area contributed by atoms with Crippen LogP contribution in [0.15, 0.2) is 24.3 Å². The summed E-state index contributed by atoms with van der Waals surface area (Å²) in [5, 5.41) is 10.4. The Labute approximate surface area is 167 Å². The summed E-state index contributed by atoms with van der Waals surface area (Å²) in [5.74, 6) is -0.0408. The van der Waals surface area contributed by atoms with Crippen molar-refractivity contribution < 1.29 is 13.9 Å². The SMILES string of the molecule is O=C(CN1CCN(c2nnc(Cc3ccc(F)cc3)s2)CC1)N1CCOCC1. The van der Waals surface area contributed by atoms with E-state index < -0.39 is 0 Å². The van der Waals surface area contributed by atoms with E-state index in [1.165, 1.54) is 12.1 Å². The Morgan fingerprint density at radius 1 is 1.04 bits per heavy atom. The molecule has 0 aliphatic carbocycles.